The van der Waals surface area contributed by atoms with E-state index in [0.717, 1.165) is 27.5 Å². The molecule has 10 heteroatoms. The maximum Gasteiger partial charge on any atom is 0.472 e. The van der Waals surface area contributed by atoms with Crippen LogP contribution in [0.4, 0.5) is 36.1 Å². The van der Waals surface area contributed by atoms with Gasteiger partial charge in [0.2, 0.25) is 0 Å². The molecule has 0 saturated heterocycles. The second kappa shape index (κ2) is 10.4. The first-order valence-electron chi connectivity index (χ1n) is 12.6. The fourth-order valence-electron chi connectivity index (χ4n) is 4.66. The van der Waals surface area contributed by atoms with Crippen molar-refractivity contribution in [2.75, 3.05) is 10.2 Å². The number of nitrogens with one attached hydrogen (secondary N) is 1. The zero-order valence-electron chi connectivity index (χ0n) is 21.4. The Morgan fingerprint density at radius 1 is 0.854 bits per heavy atom. The third-order valence-corrected chi connectivity index (χ3v) is 6.62. The van der Waals surface area contributed by atoms with E-state index >= 15 is 0 Å². The fourth-order valence-corrected chi connectivity index (χ4v) is 4.66. The summed E-state index contributed by atoms with van der Waals surface area (Å²) >= 11 is 0. The highest BCUT2D eigenvalue weighted by molar-refractivity contribution is 6.09. The van der Waals surface area contributed by atoms with Gasteiger partial charge in [0, 0.05) is 46.0 Å². The number of furan rings is 1. The van der Waals surface area contributed by atoms with E-state index in [1.165, 1.54) is 30.6 Å². The standard InChI is InChI=1S/C31H22F3N5O2/c32-31(33,34)30(40)39(21-12-8-19(17-35)9-13-21)22-14-10-20(11-15-22)38-28-16-26(36-18-37-28)25-6-3-5-24-23-4-1-2-7-27(23)41-29(24)25/h1-16,18H,17,35H2,(H,36,37,38). The monoisotopic (exact) mass is 553 g/mol. The minimum Gasteiger partial charge on any atom is -0.455 e. The number of hydrogen-bond donors (Lipinski definition) is 2. The highest BCUT2D eigenvalue weighted by Crippen LogP contribution is 2.36. The molecule has 7 nitrogen and oxygen atoms in total. The van der Waals surface area contributed by atoms with E-state index in [1.54, 1.807) is 30.3 Å². The smallest absolute Gasteiger partial charge is 0.455 e. The predicted molar refractivity (Wildman–Crippen MR) is 152 cm³/mol. The topological polar surface area (TPSA) is 97.3 Å². The quantitative estimate of drug-likeness (QED) is 0.222. The van der Waals surface area contributed by atoms with Crippen molar-refractivity contribution in [2.45, 2.75) is 12.7 Å². The molecule has 0 fully saturated rings. The number of nitrogens with two attached hydrogens (primary N) is 1. The van der Waals surface area contributed by atoms with E-state index in [1.807, 2.05) is 42.5 Å². The lowest BCUT2D eigenvalue weighted by molar-refractivity contribution is -0.169. The molecular weight excluding hydrogens is 531 g/mol. The number of carbonyl (C=O) groups excluding carboxylic acids is 1. The lowest BCUT2D eigenvalue weighted by Gasteiger charge is -2.24. The van der Waals surface area contributed by atoms with E-state index in [-0.39, 0.29) is 17.9 Å². The van der Waals surface area contributed by atoms with E-state index < -0.39 is 12.1 Å². The van der Waals surface area contributed by atoms with Gasteiger partial charge in [-0.15, -0.1) is 0 Å². The van der Waals surface area contributed by atoms with Gasteiger partial charge >= 0.3 is 12.1 Å². The summed E-state index contributed by atoms with van der Waals surface area (Å²) in [4.78, 5) is 21.7. The van der Waals surface area contributed by atoms with Gasteiger partial charge in [-0.2, -0.15) is 13.2 Å². The molecule has 0 aliphatic carbocycles. The molecule has 0 bridgehead atoms. The molecule has 204 valence electrons. The molecule has 2 heterocycles. The molecule has 0 radical (unpaired) electrons. The number of nitrogens with zero attached hydrogens (tertiary/aromatic N) is 3. The van der Waals surface area contributed by atoms with Crippen LogP contribution in [0.25, 0.3) is 33.2 Å². The van der Waals surface area contributed by atoms with Crippen molar-refractivity contribution in [1.29, 1.82) is 0 Å². The van der Waals surface area contributed by atoms with E-state index in [2.05, 4.69) is 15.3 Å². The second-order valence-electron chi connectivity index (χ2n) is 9.25. The van der Waals surface area contributed by atoms with Gasteiger partial charge in [-0.25, -0.2) is 9.97 Å². The number of anilines is 4. The maximum absolute atomic E-state index is 13.5. The molecule has 0 aliphatic heterocycles. The molecular formula is C31H22F3N5O2. The van der Waals surface area contributed by atoms with Crippen LogP contribution in [0.15, 0.2) is 108 Å². The summed E-state index contributed by atoms with van der Waals surface area (Å²) in [5, 5.41) is 5.12. The zero-order chi connectivity index (χ0) is 28.6. The summed E-state index contributed by atoms with van der Waals surface area (Å²) in [5.41, 5.74) is 9.91. The van der Waals surface area contributed by atoms with Crippen LogP contribution < -0.4 is 16.0 Å². The molecule has 6 rings (SSSR count). The largest absolute Gasteiger partial charge is 0.472 e. The number of halogens is 3. The van der Waals surface area contributed by atoms with Crippen molar-refractivity contribution in [3.63, 3.8) is 0 Å². The van der Waals surface area contributed by atoms with Crippen LogP contribution in [0.2, 0.25) is 0 Å². The van der Waals surface area contributed by atoms with Crippen LogP contribution in [0, 0.1) is 0 Å². The Morgan fingerprint density at radius 2 is 1.54 bits per heavy atom. The van der Waals surface area contributed by atoms with E-state index in [9.17, 15) is 18.0 Å². The molecule has 41 heavy (non-hydrogen) atoms. The van der Waals surface area contributed by atoms with Crippen molar-refractivity contribution >= 4 is 50.7 Å². The van der Waals surface area contributed by atoms with Crippen LogP contribution in [-0.4, -0.2) is 22.1 Å². The molecule has 3 N–H and O–H groups in total. The lowest BCUT2D eigenvalue weighted by atomic mass is 10.1. The summed E-state index contributed by atoms with van der Waals surface area (Å²) < 4.78 is 46.5. The first-order chi connectivity index (χ1) is 19.8. The van der Waals surface area contributed by atoms with Gasteiger partial charge in [0.25, 0.3) is 0 Å². The molecule has 6 aromatic rings. The number of hydrogen-bond acceptors (Lipinski definition) is 6. The highest BCUT2D eigenvalue weighted by atomic mass is 19.4. The average Bonchev–Trinajstić information content (AvgIpc) is 3.37. The first kappa shape index (κ1) is 26.0. The van der Waals surface area contributed by atoms with Crippen LogP contribution >= 0.6 is 0 Å². The van der Waals surface area contributed by atoms with Gasteiger partial charge in [0.15, 0.2) is 0 Å². The lowest BCUT2D eigenvalue weighted by Crippen LogP contribution is -2.38. The molecule has 0 unspecified atom stereocenters. The maximum atomic E-state index is 13.5. The summed E-state index contributed by atoms with van der Waals surface area (Å²) in [6, 6.07) is 27.4. The van der Waals surface area contributed by atoms with Crippen molar-refractivity contribution in [1.82, 2.24) is 9.97 Å². The molecule has 1 amide bonds. The van der Waals surface area contributed by atoms with E-state index in [0.29, 0.717) is 27.7 Å². The minimum absolute atomic E-state index is 0.0540. The zero-order valence-corrected chi connectivity index (χ0v) is 21.4. The molecule has 0 saturated carbocycles. The number of amides is 1. The minimum atomic E-state index is -5.07. The number of para-hydroxylation sites is 2. The van der Waals surface area contributed by atoms with Crippen LogP contribution in [0.1, 0.15) is 5.56 Å². The number of fused-ring (bicyclic) bond motifs is 3. The fraction of sp³-hybridized carbons (Fsp3) is 0.0645. The molecule has 0 spiro atoms. The highest BCUT2D eigenvalue weighted by Gasteiger charge is 2.43. The van der Waals surface area contributed by atoms with Gasteiger partial charge in [-0.1, -0.05) is 42.5 Å². The Labute approximate surface area is 232 Å². The van der Waals surface area contributed by atoms with Crippen molar-refractivity contribution < 1.29 is 22.4 Å². The number of benzene rings is 4. The normalized spacial score (nSPS) is 11.6. The molecule has 0 aliphatic rings. The van der Waals surface area contributed by atoms with Gasteiger partial charge in [0.1, 0.15) is 23.3 Å². The number of aromatic nitrogens is 2. The summed E-state index contributed by atoms with van der Waals surface area (Å²) in [7, 11) is 0. The average molecular weight is 554 g/mol. The van der Waals surface area contributed by atoms with E-state index in [4.69, 9.17) is 10.2 Å². The van der Waals surface area contributed by atoms with Crippen LogP contribution in [-0.2, 0) is 11.3 Å². The number of carbonyl (C=O) groups is 1. The third kappa shape index (κ3) is 5.08. The number of rotatable bonds is 6. The Morgan fingerprint density at radius 3 is 2.24 bits per heavy atom. The Kier molecular flexibility index (Phi) is 6.60. The Hall–Kier alpha value is -5.22. The van der Waals surface area contributed by atoms with Crippen molar-refractivity contribution in [2.24, 2.45) is 5.73 Å². The molecule has 0 atom stereocenters. The van der Waals surface area contributed by atoms with Gasteiger partial charge in [-0.05, 0) is 54.1 Å². The van der Waals surface area contributed by atoms with Gasteiger partial charge in [0.05, 0.1) is 5.69 Å². The third-order valence-electron chi connectivity index (χ3n) is 6.62. The molecule has 4 aromatic carbocycles. The summed E-state index contributed by atoms with van der Waals surface area (Å²) in [6.07, 6.45) is -3.65. The SMILES string of the molecule is NCc1ccc(N(C(=O)C(F)(F)F)c2ccc(Nc3cc(-c4cccc5c4oc4ccccc45)ncn3)cc2)cc1. The summed E-state index contributed by atoms with van der Waals surface area (Å²) in [5.74, 6) is -1.53. The van der Waals surface area contributed by atoms with Crippen LogP contribution in [0.5, 0.6) is 0 Å². The van der Waals surface area contributed by atoms with Crippen molar-refractivity contribution in [3.05, 3.63) is 109 Å². The second-order valence-corrected chi connectivity index (χ2v) is 9.25. The number of alkyl halides is 3. The predicted octanol–water partition coefficient (Wildman–Crippen LogP) is 7.47. The molecule has 2 aromatic heterocycles. The summed E-state index contributed by atoms with van der Waals surface area (Å²) in [6.45, 7) is 0.228. The van der Waals surface area contributed by atoms with Gasteiger partial charge < -0.3 is 15.5 Å². The van der Waals surface area contributed by atoms with Crippen molar-refractivity contribution in [3.8, 4) is 11.3 Å². The first-order valence-corrected chi connectivity index (χ1v) is 12.6. The van der Waals surface area contributed by atoms with Gasteiger partial charge in [-0.3, -0.25) is 9.69 Å². The Bertz CT molecular complexity index is 1870. The Balaban J connectivity index is 1.29. The van der Waals surface area contributed by atoms with Crippen LogP contribution in [0.3, 0.4) is 0 Å².